The van der Waals surface area contributed by atoms with Crippen LogP contribution in [-0.4, -0.2) is 39.7 Å². The second-order valence-electron chi connectivity index (χ2n) is 7.05. The predicted molar refractivity (Wildman–Crippen MR) is 104 cm³/mol. The minimum atomic E-state index is -4.74. The first kappa shape index (κ1) is 20.7. The number of aryl methyl sites for hydroxylation is 1. The highest BCUT2D eigenvalue weighted by Crippen LogP contribution is 2.34. The zero-order valence-electron chi connectivity index (χ0n) is 16.3. The molecule has 1 aliphatic rings. The third kappa shape index (κ3) is 5.53. The van der Waals surface area contributed by atoms with E-state index in [4.69, 9.17) is 4.74 Å². The third-order valence-electron chi connectivity index (χ3n) is 4.76. The van der Waals surface area contributed by atoms with Gasteiger partial charge in [-0.1, -0.05) is 18.2 Å². The molecule has 31 heavy (non-hydrogen) atoms. The zero-order valence-corrected chi connectivity index (χ0v) is 16.3. The van der Waals surface area contributed by atoms with Crippen LogP contribution in [0.3, 0.4) is 0 Å². The van der Waals surface area contributed by atoms with Crippen LogP contribution in [0, 0.1) is 0 Å². The van der Waals surface area contributed by atoms with E-state index in [1.54, 1.807) is 29.2 Å². The van der Waals surface area contributed by atoms with Gasteiger partial charge < -0.3 is 14.8 Å². The van der Waals surface area contributed by atoms with Crippen molar-refractivity contribution in [3.05, 3.63) is 60.7 Å². The number of nitrogens with zero attached hydrogens (tertiary/aromatic N) is 3. The number of aromatic nitrogens is 3. The summed E-state index contributed by atoms with van der Waals surface area (Å²) in [6, 6.07) is 11.3. The molecular formula is C21H19F3N4O3. The number of rotatable bonds is 7. The third-order valence-corrected chi connectivity index (χ3v) is 4.76. The van der Waals surface area contributed by atoms with Gasteiger partial charge in [-0.2, -0.15) is 5.10 Å². The van der Waals surface area contributed by atoms with Gasteiger partial charge in [-0.3, -0.25) is 9.48 Å². The van der Waals surface area contributed by atoms with Crippen LogP contribution in [0.5, 0.6) is 11.5 Å². The number of ether oxygens (including phenoxy) is 2. The molecule has 2 aromatic carbocycles. The molecule has 0 saturated carbocycles. The fraction of sp³-hybridized carbons (Fsp3) is 0.286. The average Bonchev–Trinajstić information content (AvgIpc) is 3.38. The van der Waals surface area contributed by atoms with Gasteiger partial charge in [0.2, 0.25) is 5.91 Å². The Morgan fingerprint density at radius 1 is 1.23 bits per heavy atom. The molecule has 1 amide bonds. The van der Waals surface area contributed by atoms with E-state index >= 15 is 0 Å². The summed E-state index contributed by atoms with van der Waals surface area (Å²) in [5, 5.41) is 6.80. The summed E-state index contributed by atoms with van der Waals surface area (Å²) in [6.45, 7) is 0.799. The van der Waals surface area contributed by atoms with Gasteiger partial charge in [0.05, 0.1) is 13.1 Å². The van der Waals surface area contributed by atoms with Crippen LogP contribution in [0.15, 0.2) is 55.1 Å². The highest BCUT2D eigenvalue weighted by molar-refractivity contribution is 5.75. The van der Waals surface area contributed by atoms with Crippen molar-refractivity contribution in [1.82, 2.24) is 20.1 Å². The average molecular weight is 432 g/mol. The monoisotopic (exact) mass is 432 g/mol. The molecule has 4 rings (SSSR count). The van der Waals surface area contributed by atoms with Crippen molar-refractivity contribution in [2.24, 2.45) is 0 Å². The number of hydrogen-bond donors (Lipinski definition) is 1. The number of carbonyl (C=O) groups excluding carboxylic acids is 1. The quantitative estimate of drug-likeness (QED) is 0.620. The topological polar surface area (TPSA) is 78.3 Å². The molecule has 1 N–H and O–H groups in total. The molecule has 0 saturated heterocycles. The number of nitrogens with one attached hydrogen (secondary N) is 1. The van der Waals surface area contributed by atoms with E-state index in [1.165, 1.54) is 24.5 Å². The molecule has 0 aliphatic carbocycles. The molecule has 162 valence electrons. The van der Waals surface area contributed by atoms with E-state index in [-0.39, 0.29) is 24.2 Å². The Labute approximate surface area is 175 Å². The van der Waals surface area contributed by atoms with Gasteiger partial charge in [-0.15, -0.1) is 13.2 Å². The van der Waals surface area contributed by atoms with Crippen molar-refractivity contribution in [2.45, 2.75) is 31.9 Å². The molecule has 0 spiro atoms. The molecule has 3 aromatic rings. The van der Waals surface area contributed by atoms with Crippen LogP contribution in [0.4, 0.5) is 13.2 Å². The molecule has 7 nitrogen and oxygen atoms in total. The SMILES string of the molecule is O=C(CCn1cncn1)NCC1Cc2cc(-c3cccc(OC(F)(F)F)c3)ccc2O1. The van der Waals surface area contributed by atoms with Gasteiger partial charge in [0, 0.05) is 12.8 Å². The molecule has 10 heteroatoms. The van der Waals surface area contributed by atoms with Gasteiger partial charge in [-0.05, 0) is 41.0 Å². The maximum absolute atomic E-state index is 12.5. The Hall–Kier alpha value is -3.56. The molecule has 1 aliphatic heterocycles. The summed E-state index contributed by atoms with van der Waals surface area (Å²) in [7, 11) is 0. The summed E-state index contributed by atoms with van der Waals surface area (Å²) in [4.78, 5) is 15.8. The Kier molecular flexibility index (Phi) is 5.79. The highest BCUT2D eigenvalue weighted by atomic mass is 19.4. The number of halogens is 3. The maximum Gasteiger partial charge on any atom is 0.573 e. The minimum Gasteiger partial charge on any atom is -0.488 e. The fourth-order valence-corrected chi connectivity index (χ4v) is 3.37. The van der Waals surface area contributed by atoms with Crippen LogP contribution in [0.2, 0.25) is 0 Å². The first-order chi connectivity index (χ1) is 14.9. The molecular weight excluding hydrogens is 413 g/mol. The summed E-state index contributed by atoms with van der Waals surface area (Å²) >= 11 is 0. The summed E-state index contributed by atoms with van der Waals surface area (Å²) in [5.41, 5.74) is 2.29. The van der Waals surface area contributed by atoms with Crippen LogP contribution in [0.25, 0.3) is 11.1 Å². The van der Waals surface area contributed by atoms with Crippen LogP contribution >= 0.6 is 0 Å². The van der Waals surface area contributed by atoms with Crippen molar-refractivity contribution in [3.8, 4) is 22.6 Å². The number of benzene rings is 2. The first-order valence-electron chi connectivity index (χ1n) is 9.60. The van der Waals surface area contributed by atoms with Gasteiger partial charge >= 0.3 is 6.36 Å². The summed E-state index contributed by atoms with van der Waals surface area (Å²) < 4.78 is 48.9. The van der Waals surface area contributed by atoms with E-state index in [1.807, 2.05) is 6.07 Å². The van der Waals surface area contributed by atoms with Crippen molar-refractivity contribution in [2.75, 3.05) is 6.54 Å². The lowest BCUT2D eigenvalue weighted by molar-refractivity contribution is -0.274. The van der Waals surface area contributed by atoms with E-state index < -0.39 is 6.36 Å². The number of hydrogen-bond acceptors (Lipinski definition) is 5. The Balaban J connectivity index is 1.34. The molecule has 1 atom stereocenters. The largest absolute Gasteiger partial charge is 0.573 e. The van der Waals surface area contributed by atoms with Crippen LogP contribution in [0.1, 0.15) is 12.0 Å². The lowest BCUT2D eigenvalue weighted by atomic mass is 10.0. The Morgan fingerprint density at radius 3 is 2.84 bits per heavy atom. The van der Waals surface area contributed by atoms with Gasteiger partial charge in [0.1, 0.15) is 30.3 Å². The van der Waals surface area contributed by atoms with Crippen molar-refractivity contribution < 1.29 is 27.4 Å². The molecule has 0 fully saturated rings. The van der Waals surface area contributed by atoms with Gasteiger partial charge in [0.15, 0.2) is 0 Å². The second kappa shape index (κ2) is 8.66. The Bertz CT molecular complexity index is 1050. The van der Waals surface area contributed by atoms with E-state index in [0.717, 1.165) is 11.1 Å². The predicted octanol–water partition coefficient (Wildman–Crippen LogP) is 3.35. The molecule has 1 aromatic heterocycles. The number of fused-ring (bicyclic) bond motifs is 1. The standard InChI is InChI=1S/C21H19F3N4O3/c22-21(23,24)31-17-3-1-2-14(9-17)15-4-5-19-16(8-15)10-18(30-19)11-26-20(29)6-7-28-13-25-12-27-28/h1-5,8-9,12-13,18H,6-7,10-11H2,(H,26,29). The van der Waals surface area contributed by atoms with E-state index in [0.29, 0.717) is 30.8 Å². The fourth-order valence-electron chi connectivity index (χ4n) is 3.37. The van der Waals surface area contributed by atoms with E-state index in [2.05, 4.69) is 20.1 Å². The highest BCUT2D eigenvalue weighted by Gasteiger charge is 2.31. The normalized spacial score (nSPS) is 15.3. The van der Waals surface area contributed by atoms with Crippen molar-refractivity contribution in [3.63, 3.8) is 0 Å². The number of carbonyl (C=O) groups is 1. The van der Waals surface area contributed by atoms with Gasteiger partial charge in [-0.25, -0.2) is 4.98 Å². The van der Waals surface area contributed by atoms with Crippen LogP contribution < -0.4 is 14.8 Å². The number of amides is 1. The van der Waals surface area contributed by atoms with E-state index in [9.17, 15) is 18.0 Å². The zero-order chi connectivity index (χ0) is 21.8. The maximum atomic E-state index is 12.5. The van der Waals surface area contributed by atoms with Gasteiger partial charge in [0.25, 0.3) is 0 Å². The molecule has 0 radical (unpaired) electrons. The number of alkyl halides is 3. The summed E-state index contributed by atoms with van der Waals surface area (Å²) in [6.07, 6.45) is -1.12. The van der Waals surface area contributed by atoms with Crippen molar-refractivity contribution >= 4 is 5.91 Å². The smallest absolute Gasteiger partial charge is 0.488 e. The lowest BCUT2D eigenvalue weighted by Crippen LogP contribution is -2.34. The van der Waals surface area contributed by atoms with Crippen LogP contribution in [-0.2, 0) is 17.8 Å². The molecule has 0 bridgehead atoms. The summed E-state index contributed by atoms with van der Waals surface area (Å²) in [5.74, 6) is 0.318. The lowest BCUT2D eigenvalue weighted by Gasteiger charge is -2.12. The Morgan fingerprint density at radius 2 is 2.06 bits per heavy atom. The second-order valence-corrected chi connectivity index (χ2v) is 7.05. The molecule has 1 unspecified atom stereocenters. The first-order valence-corrected chi connectivity index (χ1v) is 9.60. The molecule has 2 heterocycles. The minimum absolute atomic E-state index is 0.114. The van der Waals surface area contributed by atoms with Crippen molar-refractivity contribution in [1.29, 1.82) is 0 Å².